The van der Waals surface area contributed by atoms with Gasteiger partial charge >= 0.3 is 12.1 Å². The number of pyridine rings is 1. The first kappa shape index (κ1) is 15.6. The van der Waals surface area contributed by atoms with E-state index in [1.54, 1.807) is 4.90 Å². The van der Waals surface area contributed by atoms with E-state index in [0.29, 0.717) is 32.2 Å². The number of carbonyl (C=O) groups is 1. The van der Waals surface area contributed by atoms with Crippen molar-refractivity contribution in [2.75, 3.05) is 37.6 Å². The Labute approximate surface area is 120 Å². The molecular formula is C13H16F3N3O2. The number of anilines is 1. The lowest BCUT2D eigenvalue weighted by Gasteiger charge is -2.35. The number of likely N-dealkylation sites (N-methyl/N-ethyl adjacent to an activating group) is 1. The van der Waals surface area contributed by atoms with Crippen molar-refractivity contribution in [1.82, 2.24) is 9.88 Å². The quantitative estimate of drug-likeness (QED) is 0.925. The van der Waals surface area contributed by atoms with Crippen molar-refractivity contribution in [1.29, 1.82) is 0 Å². The topological polar surface area (TPSA) is 56.7 Å². The first-order valence-electron chi connectivity index (χ1n) is 6.60. The fourth-order valence-electron chi connectivity index (χ4n) is 2.31. The Morgan fingerprint density at radius 1 is 1.33 bits per heavy atom. The molecule has 0 atom stereocenters. The van der Waals surface area contributed by atoms with Crippen LogP contribution in [0.2, 0.25) is 0 Å². The number of halogens is 3. The molecule has 21 heavy (non-hydrogen) atoms. The Kier molecular flexibility index (Phi) is 4.36. The average Bonchev–Trinajstić information content (AvgIpc) is 2.46. The Hall–Kier alpha value is -1.83. The summed E-state index contributed by atoms with van der Waals surface area (Å²) in [4.78, 5) is 18.3. The number of alkyl halides is 3. The van der Waals surface area contributed by atoms with Crippen LogP contribution in [0.4, 0.5) is 19.0 Å². The van der Waals surface area contributed by atoms with Gasteiger partial charge in [0.25, 0.3) is 0 Å². The van der Waals surface area contributed by atoms with Crippen LogP contribution >= 0.6 is 0 Å². The minimum absolute atomic E-state index is 0.191. The van der Waals surface area contributed by atoms with E-state index < -0.39 is 23.3 Å². The number of aromatic carboxylic acids is 1. The fourth-order valence-corrected chi connectivity index (χ4v) is 2.31. The average molecular weight is 303 g/mol. The van der Waals surface area contributed by atoms with Gasteiger partial charge in [0.05, 0.1) is 11.1 Å². The molecule has 1 aromatic heterocycles. The van der Waals surface area contributed by atoms with Crippen LogP contribution in [0.25, 0.3) is 0 Å². The van der Waals surface area contributed by atoms with Gasteiger partial charge in [0.1, 0.15) is 5.82 Å². The second-order valence-electron chi connectivity index (χ2n) is 4.82. The van der Waals surface area contributed by atoms with Crippen molar-refractivity contribution < 1.29 is 23.1 Å². The van der Waals surface area contributed by atoms with E-state index >= 15 is 0 Å². The highest BCUT2D eigenvalue weighted by molar-refractivity contribution is 5.88. The molecule has 1 saturated heterocycles. The Balaban J connectivity index is 2.33. The summed E-state index contributed by atoms with van der Waals surface area (Å²) in [7, 11) is 0. The summed E-state index contributed by atoms with van der Waals surface area (Å²) < 4.78 is 39.4. The van der Waals surface area contributed by atoms with Crippen LogP contribution in [0.3, 0.4) is 0 Å². The number of nitrogens with zero attached hydrogens (tertiary/aromatic N) is 3. The highest BCUT2D eigenvalue weighted by atomic mass is 19.4. The maximum atomic E-state index is 13.1. The largest absolute Gasteiger partial charge is 0.478 e. The Bertz CT molecular complexity index is 526. The molecule has 1 aliphatic rings. The summed E-state index contributed by atoms with van der Waals surface area (Å²) >= 11 is 0. The van der Waals surface area contributed by atoms with Gasteiger partial charge in [0, 0.05) is 32.4 Å². The number of carboxylic acid groups (broad SMARTS) is 1. The first-order valence-corrected chi connectivity index (χ1v) is 6.60. The molecule has 1 N–H and O–H groups in total. The third-order valence-electron chi connectivity index (χ3n) is 3.54. The summed E-state index contributed by atoms with van der Waals surface area (Å²) in [5.74, 6) is -1.61. The standard InChI is InChI=1S/C13H16F3N3O2/c1-2-18-3-5-19(6-4-18)11-10(13(14,15)16)7-9(8-17-11)12(20)21/h7-8H,2-6H2,1H3,(H,20,21). The Morgan fingerprint density at radius 3 is 2.43 bits per heavy atom. The molecule has 0 aromatic carbocycles. The molecular weight excluding hydrogens is 287 g/mol. The van der Waals surface area contributed by atoms with E-state index in [9.17, 15) is 18.0 Å². The minimum Gasteiger partial charge on any atom is -0.478 e. The van der Waals surface area contributed by atoms with E-state index in [4.69, 9.17) is 5.11 Å². The first-order chi connectivity index (χ1) is 9.82. The van der Waals surface area contributed by atoms with Crippen molar-refractivity contribution in [3.63, 3.8) is 0 Å². The molecule has 2 rings (SSSR count). The molecule has 116 valence electrons. The van der Waals surface area contributed by atoms with E-state index in [1.165, 1.54) is 0 Å². The summed E-state index contributed by atoms with van der Waals surface area (Å²) in [6.45, 7) is 5.06. The predicted octanol–water partition coefficient (Wildman–Crippen LogP) is 1.94. The molecule has 0 spiro atoms. The van der Waals surface area contributed by atoms with E-state index in [2.05, 4.69) is 9.88 Å². The normalized spacial score (nSPS) is 17.0. The van der Waals surface area contributed by atoms with Gasteiger partial charge in [-0.15, -0.1) is 0 Å². The van der Waals surface area contributed by atoms with Gasteiger partial charge in [-0.2, -0.15) is 13.2 Å². The predicted molar refractivity (Wildman–Crippen MR) is 70.5 cm³/mol. The second kappa shape index (κ2) is 5.88. The van der Waals surface area contributed by atoms with Crippen molar-refractivity contribution in [3.8, 4) is 0 Å². The van der Waals surface area contributed by atoms with E-state index in [1.807, 2.05) is 6.92 Å². The molecule has 0 amide bonds. The summed E-state index contributed by atoms with van der Waals surface area (Å²) in [6.07, 6.45) is -3.66. The van der Waals surface area contributed by atoms with Crippen molar-refractivity contribution in [2.45, 2.75) is 13.1 Å². The van der Waals surface area contributed by atoms with E-state index in [0.717, 1.165) is 12.7 Å². The van der Waals surface area contributed by atoms with Gasteiger partial charge in [0.15, 0.2) is 0 Å². The molecule has 0 radical (unpaired) electrons. The minimum atomic E-state index is -4.63. The number of carboxylic acids is 1. The number of aromatic nitrogens is 1. The lowest BCUT2D eigenvalue weighted by Crippen LogP contribution is -2.47. The molecule has 5 nitrogen and oxygen atoms in total. The van der Waals surface area contributed by atoms with Crippen LogP contribution in [0.5, 0.6) is 0 Å². The lowest BCUT2D eigenvalue weighted by molar-refractivity contribution is -0.137. The zero-order valence-electron chi connectivity index (χ0n) is 11.5. The van der Waals surface area contributed by atoms with Crippen LogP contribution in [-0.2, 0) is 6.18 Å². The van der Waals surface area contributed by atoms with Crippen LogP contribution in [-0.4, -0.2) is 53.7 Å². The number of hydrogen-bond acceptors (Lipinski definition) is 4. The van der Waals surface area contributed by atoms with Crippen LogP contribution in [0.1, 0.15) is 22.8 Å². The van der Waals surface area contributed by atoms with Gasteiger partial charge in [-0.1, -0.05) is 6.92 Å². The number of rotatable bonds is 3. The molecule has 1 aromatic rings. The van der Waals surface area contributed by atoms with Gasteiger partial charge in [0.2, 0.25) is 0 Å². The van der Waals surface area contributed by atoms with Gasteiger partial charge < -0.3 is 14.9 Å². The monoisotopic (exact) mass is 303 g/mol. The summed E-state index contributed by atoms with van der Waals surface area (Å²) in [5, 5.41) is 8.82. The smallest absolute Gasteiger partial charge is 0.419 e. The third kappa shape index (κ3) is 3.44. The maximum absolute atomic E-state index is 13.1. The lowest BCUT2D eigenvalue weighted by atomic mass is 10.1. The molecule has 8 heteroatoms. The van der Waals surface area contributed by atoms with Crippen LogP contribution in [0.15, 0.2) is 12.3 Å². The van der Waals surface area contributed by atoms with Gasteiger partial charge in [-0.25, -0.2) is 9.78 Å². The van der Waals surface area contributed by atoms with Crippen molar-refractivity contribution in [3.05, 3.63) is 23.4 Å². The molecule has 1 fully saturated rings. The molecule has 0 unspecified atom stereocenters. The third-order valence-corrected chi connectivity index (χ3v) is 3.54. The highest BCUT2D eigenvalue weighted by Gasteiger charge is 2.37. The van der Waals surface area contributed by atoms with Crippen LogP contribution < -0.4 is 4.90 Å². The SMILES string of the molecule is CCN1CCN(c2ncc(C(=O)O)cc2C(F)(F)F)CC1. The number of hydrogen-bond donors (Lipinski definition) is 1. The fraction of sp³-hybridized carbons (Fsp3) is 0.538. The zero-order chi connectivity index (χ0) is 15.6. The Morgan fingerprint density at radius 2 is 1.95 bits per heavy atom. The molecule has 0 aliphatic carbocycles. The zero-order valence-corrected chi connectivity index (χ0v) is 11.5. The molecule has 0 saturated carbocycles. The molecule has 1 aliphatic heterocycles. The highest BCUT2D eigenvalue weighted by Crippen LogP contribution is 2.36. The summed E-state index contributed by atoms with van der Waals surface area (Å²) in [5.41, 5.74) is -1.45. The molecule has 2 heterocycles. The van der Waals surface area contributed by atoms with Gasteiger partial charge in [-0.05, 0) is 12.6 Å². The molecule has 0 bridgehead atoms. The maximum Gasteiger partial charge on any atom is 0.419 e. The van der Waals surface area contributed by atoms with Gasteiger partial charge in [-0.3, -0.25) is 0 Å². The van der Waals surface area contributed by atoms with Crippen LogP contribution in [0, 0.1) is 0 Å². The summed E-state index contributed by atoms with van der Waals surface area (Å²) in [6, 6.07) is 0.650. The van der Waals surface area contributed by atoms with E-state index in [-0.39, 0.29) is 5.82 Å². The number of piperazine rings is 1. The van der Waals surface area contributed by atoms with Crippen molar-refractivity contribution in [2.24, 2.45) is 0 Å². The second-order valence-corrected chi connectivity index (χ2v) is 4.82. The van der Waals surface area contributed by atoms with Crippen molar-refractivity contribution >= 4 is 11.8 Å².